The molecule has 1 amide bonds. The van der Waals surface area contributed by atoms with Crippen molar-refractivity contribution in [3.8, 4) is 5.69 Å². The van der Waals surface area contributed by atoms with Crippen LogP contribution in [0, 0.1) is 0 Å². The van der Waals surface area contributed by atoms with Crippen molar-refractivity contribution in [2.24, 2.45) is 5.73 Å². The number of amides is 1. The summed E-state index contributed by atoms with van der Waals surface area (Å²) in [6, 6.07) is 5.59. The monoisotopic (exact) mass is 398 g/mol. The number of benzene rings is 1. The van der Waals surface area contributed by atoms with Crippen LogP contribution in [0.25, 0.3) is 5.69 Å². The molecular formula is C18H21F3N4O3. The lowest BCUT2D eigenvalue weighted by Gasteiger charge is -2.13. The van der Waals surface area contributed by atoms with Crippen molar-refractivity contribution in [1.82, 2.24) is 9.78 Å². The fourth-order valence-corrected chi connectivity index (χ4v) is 2.47. The fourth-order valence-electron chi connectivity index (χ4n) is 2.47. The van der Waals surface area contributed by atoms with Gasteiger partial charge in [0.25, 0.3) is 0 Å². The van der Waals surface area contributed by atoms with E-state index in [2.05, 4.69) is 15.2 Å². The molecule has 152 valence electrons. The normalized spacial score (nSPS) is 12.5. The number of nitrogens with zero attached hydrogens (tertiary/aromatic N) is 2. The first kappa shape index (κ1) is 21.4. The summed E-state index contributed by atoms with van der Waals surface area (Å²) in [5, 5.41) is 6.31. The predicted molar refractivity (Wildman–Crippen MR) is 96.0 cm³/mol. The summed E-state index contributed by atoms with van der Waals surface area (Å²) in [6.07, 6.45) is -3.36. The highest BCUT2D eigenvalue weighted by molar-refractivity contribution is 5.91. The summed E-state index contributed by atoms with van der Waals surface area (Å²) in [5.74, 6) is -1.42. The number of nitrogens with two attached hydrogens (primary N) is 1. The van der Waals surface area contributed by atoms with Crippen molar-refractivity contribution in [3.63, 3.8) is 0 Å². The quantitative estimate of drug-likeness (QED) is 0.698. The Morgan fingerprint density at radius 1 is 1.36 bits per heavy atom. The second kappa shape index (κ2) is 8.87. The Kier molecular flexibility index (Phi) is 6.79. The minimum absolute atomic E-state index is 0.0351. The molecule has 0 aliphatic heterocycles. The second-order valence-corrected chi connectivity index (χ2v) is 6.15. The molecule has 0 spiro atoms. The summed E-state index contributed by atoms with van der Waals surface area (Å²) in [4.78, 5) is 23.8. The van der Waals surface area contributed by atoms with Crippen molar-refractivity contribution in [3.05, 3.63) is 41.7 Å². The van der Waals surface area contributed by atoms with Gasteiger partial charge in [-0.3, -0.25) is 4.79 Å². The Balaban J connectivity index is 2.35. The third kappa shape index (κ3) is 5.32. The molecule has 0 bridgehead atoms. The molecule has 1 aromatic carbocycles. The number of rotatable bonds is 7. The minimum atomic E-state index is -4.84. The van der Waals surface area contributed by atoms with Crippen LogP contribution in [0.5, 0.6) is 0 Å². The van der Waals surface area contributed by atoms with E-state index in [-0.39, 0.29) is 30.7 Å². The predicted octanol–water partition coefficient (Wildman–Crippen LogP) is 3.13. The Morgan fingerprint density at radius 2 is 2.07 bits per heavy atom. The molecule has 1 heterocycles. The number of aromatic nitrogens is 2. The lowest BCUT2D eigenvalue weighted by molar-refractivity contribution is -0.143. The first-order valence-electron chi connectivity index (χ1n) is 8.61. The van der Waals surface area contributed by atoms with E-state index >= 15 is 0 Å². The van der Waals surface area contributed by atoms with Crippen molar-refractivity contribution in [1.29, 1.82) is 0 Å². The summed E-state index contributed by atoms with van der Waals surface area (Å²) in [6.45, 7) is 3.20. The van der Waals surface area contributed by atoms with Gasteiger partial charge in [0.15, 0.2) is 5.69 Å². The van der Waals surface area contributed by atoms with E-state index in [1.807, 2.05) is 0 Å². The van der Waals surface area contributed by atoms with Gasteiger partial charge in [0.1, 0.15) is 5.56 Å². The first-order valence-corrected chi connectivity index (χ1v) is 8.61. The van der Waals surface area contributed by atoms with Gasteiger partial charge >= 0.3 is 12.1 Å². The first-order chi connectivity index (χ1) is 13.1. The van der Waals surface area contributed by atoms with Crippen molar-refractivity contribution < 1.29 is 27.5 Å². The van der Waals surface area contributed by atoms with Gasteiger partial charge in [-0.15, -0.1) is 0 Å². The lowest BCUT2D eigenvalue weighted by Crippen LogP contribution is -2.20. The number of carbonyl (C=O) groups excluding carboxylic acids is 2. The molecule has 3 N–H and O–H groups in total. The van der Waals surface area contributed by atoms with Gasteiger partial charge in [-0.1, -0.05) is 6.07 Å². The van der Waals surface area contributed by atoms with E-state index in [0.717, 1.165) is 6.20 Å². The van der Waals surface area contributed by atoms with Crippen molar-refractivity contribution in [2.45, 2.75) is 38.9 Å². The fraction of sp³-hybridized carbons (Fsp3) is 0.389. The molecule has 0 saturated heterocycles. The van der Waals surface area contributed by atoms with E-state index < -0.39 is 23.4 Å². The SMILES string of the molecule is CCOC(=O)c1cnn(-c2cccc(NC(=O)CCC(C)N)c2)c1C(F)(F)F. The van der Waals surface area contributed by atoms with Crippen molar-refractivity contribution >= 4 is 17.6 Å². The molecule has 2 rings (SSSR count). The van der Waals surface area contributed by atoms with E-state index in [1.165, 1.54) is 31.2 Å². The number of carbonyl (C=O) groups is 2. The molecule has 28 heavy (non-hydrogen) atoms. The Morgan fingerprint density at radius 3 is 2.68 bits per heavy atom. The van der Waals surface area contributed by atoms with Crippen LogP contribution in [0.15, 0.2) is 30.5 Å². The number of alkyl halides is 3. The molecular weight excluding hydrogens is 377 g/mol. The number of esters is 1. The standard InChI is InChI=1S/C18H21F3N4O3/c1-3-28-17(27)14-10-23-25(16(14)18(19,20)21)13-6-4-5-12(9-13)24-15(26)8-7-11(2)22/h4-6,9-11H,3,7-8,22H2,1-2H3,(H,24,26). The van der Waals surface area contributed by atoms with E-state index in [0.29, 0.717) is 16.8 Å². The van der Waals surface area contributed by atoms with Crippen LogP contribution in [-0.2, 0) is 15.7 Å². The minimum Gasteiger partial charge on any atom is -0.462 e. The van der Waals surface area contributed by atoms with Crippen LogP contribution < -0.4 is 11.1 Å². The average molecular weight is 398 g/mol. The van der Waals surface area contributed by atoms with Gasteiger partial charge in [0.05, 0.1) is 18.5 Å². The third-order valence-electron chi connectivity index (χ3n) is 3.73. The van der Waals surface area contributed by atoms with E-state index in [4.69, 9.17) is 5.73 Å². The Hall–Kier alpha value is -2.88. The van der Waals surface area contributed by atoms with Crippen LogP contribution in [-0.4, -0.2) is 34.3 Å². The topological polar surface area (TPSA) is 99.2 Å². The van der Waals surface area contributed by atoms with E-state index in [9.17, 15) is 22.8 Å². The number of hydrogen-bond donors (Lipinski definition) is 2. The Labute approximate surface area is 159 Å². The van der Waals surface area contributed by atoms with Crippen LogP contribution >= 0.6 is 0 Å². The van der Waals surface area contributed by atoms with Crippen molar-refractivity contribution in [2.75, 3.05) is 11.9 Å². The van der Waals surface area contributed by atoms with Crippen LogP contribution in [0.3, 0.4) is 0 Å². The number of nitrogens with one attached hydrogen (secondary N) is 1. The largest absolute Gasteiger partial charge is 0.462 e. The molecule has 2 aromatic rings. The zero-order valence-electron chi connectivity index (χ0n) is 15.4. The van der Waals surface area contributed by atoms with Crippen LogP contribution in [0.4, 0.5) is 18.9 Å². The number of halogens is 3. The lowest BCUT2D eigenvalue weighted by atomic mass is 10.2. The molecule has 10 heteroatoms. The van der Waals surface area contributed by atoms with E-state index in [1.54, 1.807) is 6.92 Å². The number of ether oxygens (including phenoxy) is 1. The maximum atomic E-state index is 13.6. The molecule has 0 aliphatic rings. The van der Waals surface area contributed by atoms with Gasteiger partial charge in [0, 0.05) is 18.2 Å². The van der Waals surface area contributed by atoms with Gasteiger partial charge in [-0.25, -0.2) is 9.48 Å². The van der Waals surface area contributed by atoms with Gasteiger partial charge < -0.3 is 15.8 Å². The molecule has 0 aliphatic carbocycles. The second-order valence-electron chi connectivity index (χ2n) is 6.15. The van der Waals surface area contributed by atoms with Gasteiger partial charge in [-0.05, 0) is 38.5 Å². The summed E-state index contributed by atoms with van der Waals surface area (Å²) in [7, 11) is 0. The molecule has 1 atom stereocenters. The number of anilines is 1. The van der Waals surface area contributed by atoms with Crippen LogP contribution in [0.2, 0.25) is 0 Å². The average Bonchev–Trinajstić information content (AvgIpc) is 3.06. The van der Waals surface area contributed by atoms with Gasteiger partial charge in [0.2, 0.25) is 5.91 Å². The molecule has 1 unspecified atom stereocenters. The number of hydrogen-bond acceptors (Lipinski definition) is 5. The van der Waals surface area contributed by atoms with Crippen LogP contribution in [0.1, 0.15) is 42.7 Å². The highest BCUT2D eigenvalue weighted by Gasteiger charge is 2.41. The molecule has 7 nitrogen and oxygen atoms in total. The molecule has 0 radical (unpaired) electrons. The molecule has 1 aromatic heterocycles. The maximum Gasteiger partial charge on any atom is 0.434 e. The highest BCUT2D eigenvalue weighted by atomic mass is 19.4. The molecule has 0 saturated carbocycles. The zero-order valence-corrected chi connectivity index (χ0v) is 15.4. The Bertz CT molecular complexity index is 847. The maximum absolute atomic E-state index is 13.6. The molecule has 0 fully saturated rings. The highest BCUT2D eigenvalue weighted by Crippen LogP contribution is 2.34. The smallest absolute Gasteiger partial charge is 0.434 e. The summed E-state index contributed by atoms with van der Waals surface area (Å²) in [5.41, 5.74) is 4.01. The summed E-state index contributed by atoms with van der Waals surface area (Å²) >= 11 is 0. The zero-order chi connectivity index (χ0) is 20.9. The van der Waals surface area contributed by atoms with Gasteiger partial charge in [-0.2, -0.15) is 18.3 Å². The summed E-state index contributed by atoms with van der Waals surface area (Å²) < 4.78 is 46.0. The third-order valence-corrected chi connectivity index (χ3v) is 3.73.